The Balaban J connectivity index is 2.47. The molecular weight excluding hydrogens is 318 g/mol. The number of benzene rings is 1. The summed E-state index contributed by atoms with van der Waals surface area (Å²) in [5.74, 6) is -1.15. The van der Waals surface area contributed by atoms with Gasteiger partial charge in [-0.25, -0.2) is 4.79 Å². The molecule has 1 aromatic rings. The van der Waals surface area contributed by atoms with E-state index in [0.29, 0.717) is 22.2 Å². The highest BCUT2D eigenvalue weighted by molar-refractivity contribution is 8.13. The molecule has 1 fully saturated rings. The van der Waals surface area contributed by atoms with Crippen molar-refractivity contribution in [3.05, 3.63) is 29.8 Å². The SMILES string of the molecule is CC(C)C(O)C1(c2ccc(SC(=O)O)cc2)NC(=O)C(C)C1O. The molecule has 7 heteroatoms. The lowest BCUT2D eigenvalue weighted by Gasteiger charge is -2.40. The van der Waals surface area contributed by atoms with Crippen LogP contribution in [0, 0.1) is 11.8 Å². The third kappa shape index (κ3) is 3.08. The molecule has 4 N–H and O–H groups in total. The molecule has 6 nitrogen and oxygen atoms in total. The highest BCUT2D eigenvalue weighted by atomic mass is 32.2. The first-order chi connectivity index (χ1) is 10.7. The lowest BCUT2D eigenvalue weighted by Crippen LogP contribution is -2.56. The number of hydrogen-bond acceptors (Lipinski definition) is 5. The van der Waals surface area contributed by atoms with Crippen LogP contribution in [0.15, 0.2) is 29.2 Å². The second kappa shape index (κ2) is 6.51. The standard InChI is InChI=1S/C16H21NO5S/c1-8(2)12(18)16(13(19)9(3)14(20)17-16)10-4-6-11(7-5-10)23-15(21)22/h4-9,12-13,18-19H,1-3H3,(H,17,20)(H,21,22). The van der Waals surface area contributed by atoms with Gasteiger partial charge in [-0.1, -0.05) is 32.9 Å². The molecule has 0 aromatic heterocycles. The highest BCUT2D eigenvalue weighted by Gasteiger charge is 2.56. The molecular formula is C16H21NO5S. The fourth-order valence-electron chi connectivity index (χ4n) is 3.02. The summed E-state index contributed by atoms with van der Waals surface area (Å²) in [6.45, 7) is 5.23. The molecule has 4 atom stereocenters. The number of rotatable bonds is 4. The van der Waals surface area contributed by atoms with Gasteiger partial charge in [0.25, 0.3) is 0 Å². The average molecular weight is 339 g/mol. The molecule has 0 aliphatic carbocycles. The molecule has 1 aliphatic rings. The van der Waals surface area contributed by atoms with Crippen LogP contribution in [0.1, 0.15) is 26.3 Å². The maximum absolute atomic E-state index is 12.0. The molecule has 4 unspecified atom stereocenters. The van der Waals surface area contributed by atoms with Gasteiger partial charge >= 0.3 is 5.30 Å². The first-order valence-electron chi connectivity index (χ1n) is 7.39. The van der Waals surface area contributed by atoms with Crippen molar-refractivity contribution in [1.29, 1.82) is 0 Å². The minimum atomic E-state index is -1.29. The molecule has 1 aromatic carbocycles. The van der Waals surface area contributed by atoms with Gasteiger partial charge in [0.05, 0.1) is 18.1 Å². The number of hydrogen-bond donors (Lipinski definition) is 4. The smallest absolute Gasteiger partial charge is 0.369 e. The molecule has 2 rings (SSSR count). The number of carbonyl (C=O) groups excluding carboxylic acids is 1. The Bertz CT molecular complexity index is 603. The molecule has 0 radical (unpaired) electrons. The number of thioether (sulfide) groups is 1. The molecule has 23 heavy (non-hydrogen) atoms. The lowest BCUT2D eigenvalue weighted by molar-refractivity contribution is -0.123. The van der Waals surface area contributed by atoms with Crippen molar-refractivity contribution < 1.29 is 24.9 Å². The fraction of sp³-hybridized carbons (Fsp3) is 0.500. The predicted octanol–water partition coefficient (Wildman–Crippen LogP) is 1.80. The lowest BCUT2D eigenvalue weighted by atomic mass is 9.75. The summed E-state index contributed by atoms with van der Waals surface area (Å²) in [4.78, 5) is 23.3. The summed E-state index contributed by atoms with van der Waals surface area (Å²) in [7, 11) is 0. The number of carbonyl (C=O) groups is 2. The van der Waals surface area contributed by atoms with Crippen molar-refractivity contribution in [3.8, 4) is 0 Å². The second-order valence-corrected chi connectivity index (χ2v) is 7.20. The maximum Gasteiger partial charge on any atom is 0.369 e. The van der Waals surface area contributed by atoms with E-state index < -0.39 is 29.0 Å². The van der Waals surface area contributed by atoms with Crippen LogP contribution in [0.4, 0.5) is 4.79 Å². The van der Waals surface area contributed by atoms with Crippen LogP contribution >= 0.6 is 11.8 Å². The maximum atomic E-state index is 12.0. The topological polar surface area (TPSA) is 107 Å². The molecule has 0 saturated carbocycles. The van der Waals surface area contributed by atoms with Crippen LogP contribution in [0.5, 0.6) is 0 Å². The van der Waals surface area contributed by atoms with Crippen LogP contribution < -0.4 is 5.32 Å². The fourth-order valence-corrected chi connectivity index (χ4v) is 3.49. The first kappa shape index (κ1) is 17.8. The van der Waals surface area contributed by atoms with E-state index >= 15 is 0 Å². The van der Waals surface area contributed by atoms with Crippen LogP contribution in [0.25, 0.3) is 0 Å². The summed E-state index contributed by atoms with van der Waals surface area (Å²) in [5.41, 5.74) is -0.740. The van der Waals surface area contributed by atoms with Gasteiger partial charge < -0.3 is 20.6 Å². The third-order valence-electron chi connectivity index (χ3n) is 4.32. The van der Waals surface area contributed by atoms with E-state index in [2.05, 4.69) is 5.32 Å². The number of aliphatic hydroxyl groups is 2. The Labute approximate surface area is 138 Å². The van der Waals surface area contributed by atoms with Gasteiger partial charge in [0, 0.05) is 4.90 Å². The van der Waals surface area contributed by atoms with Gasteiger partial charge in [-0.3, -0.25) is 4.79 Å². The van der Waals surface area contributed by atoms with Gasteiger partial charge in [0.1, 0.15) is 5.54 Å². The van der Waals surface area contributed by atoms with Crippen LogP contribution in [0.2, 0.25) is 0 Å². The van der Waals surface area contributed by atoms with Gasteiger partial charge in [-0.05, 0) is 35.4 Å². The largest absolute Gasteiger partial charge is 0.473 e. The molecule has 0 spiro atoms. The summed E-state index contributed by atoms with van der Waals surface area (Å²) in [6.07, 6.45) is -2.06. The van der Waals surface area contributed by atoms with E-state index in [1.54, 1.807) is 31.2 Å². The average Bonchev–Trinajstić information content (AvgIpc) is 2.72. The number of carboxylic acid groups (broad SMARTS) is 1. The quantitative estimate of drug-likeness (QED) is 0.623. The van der Waals surface area contributed by atoms with Crippen LogP contribution in [-0.4, -0.2) is 38.7 Å². The van der Waals surface area contributed by atoms with Crippen molar-refractivity contribution in [2.24, 2.45) is 11.8 Å². The van der Waals surface area contributed by atoms with Crippen LogP contribution in [-0.2, 0) is 10.3 Å². The molecule has 1 saturated heterocycles. The second-order valence-electron chi connectivity index (χ2n) is 6.17. The van der Waals surface area contributed by atoms with Gasteiger partial charge in [-0.2, -0.15) is 0 Å². The van der Waals surface area contributed by atoms with E-state index in [1.807, 2.05) is 13.8 Å². The summed E-state index contributed by atoms with van der Waals surface area (Å²) < 4.78 is 0. The van der Waals surface area contributed by atoms with Crippen molar-refractivity contribution in [3.63, 3.8) is 0 Å². The van der Waals surface area contributed by atoms with E-state index in [-0.39, 0.29) is 11.8 Å². The number of aliphatic hydroxyl groups excluding tert-OH is 2. The van der Waals surface area contributed by atoms with Gasteiger partial charge in [0.15, 0.2) is 0 Å². The molecule has 0 bridgehead atoms. The Morgan fingerprint density at radius 1 is 1.30 bits per heavy atom. The minimum Gasteiger partial charge on any atom is -0.473 e. The van der Waals surface area contributed by atoms with Crippen molar-refractivity contribution in [2.75, 3.05) is 0 Å². The van der Waals surface area contributed by atoms with Crippen molar-refractivity contribution in [1.82, 2.24) is 5.32 Å². The zero-order valence-electron chi connectivity index (χ0n) is 13.2. The van der Waals surface area contributed by atoms with Gasteiger partial charge in [-0.15, -0.1) is 0 Å². The van der Waals surface area contributed by atoms with E-state index in [9.17, 15) is 19.8 Å². The molecule has 126 valence electrons. The molecule has 1 heterocycles. The Morgan fingerprint density at radius 3 is 2.26 bits per heavy atom. The summed E-state index contributed by atoms with van der Waals surface area (Å²) in [6, 6.07) is 6.48. The van der Waals surface area contributed by atoms with E-state index in [4.69, 9.17) is 5.11 Å². The monoisotopic (exact) mass is 339 g/mol. The Kier molecular flexibility index (Phi) is 5.03. The zero-order chi connectivity index (χ0) is 17.4. The highest BCUT2D eigenvalue weighted by Crippen LogP contribution is 2.40. The normalized spacial score (nSPS) is 28.7. The number of amides is 1. The first-order valence-corrected chi connectivity index (χ1v) is 8.21. The minimum absolute atomic E-state index is 0.191. The van der Waals surface area contributed by atoms with Crippen molar-refractivity contribution in [2.45, 2.75) is 43.4 Å². The third-order valence-corrected chi connectivity index (χ3v) is 5.00. The predicted molar refractivity (Wildman–Crippen MR) is 86.2 cm³/mol. The summed E-state index contributed by atoms with van der Waals surface area (Å²) in [5, 5.41) is 31.8. The Hall–Kier alpha value is -1.57. The van der Waals surface area contributed by atoms with Crippen molar-refractivity contribution >= 4 is 23.0 Å². The van der Waals surface area contributed by atoms with E-state index in [1.165, 1.54) is 0 Å². The van der Waals surface area contributed by atoms with Crippen LogP contribution in [0.3, 0.4) is 0 Å². The zero-order valence-corrected chi connectivity index (χ0v) is 14.0. The summed E-state index contributed by atoms with van der Waals surface area (Å²) >= 11 is 0.669. The molecule has 1 aliphatic heterocycles. The van der Waals surface area contributed by atoms with E-state index in [0.717, 1.165) is 0 Å². The van der Waals surface area contributed by atoms with Gasteiger partial charge in [0.2, 0.25) is 5.91 Å². The molecule has 1 amide bonds. The Morgan fingerprint density at radius 2 is 1.87 bits per heavy atom. The number of nitrogens with one attached hydrogen (secondary N) is 1.